The molecule has 1 aromatic rings. The number of nitrogens with zero attached hydrogens (tertiary/aromatic N) is 5. The molecule has 0 radical (unpaired) electrons. The van der Waals surface area contributed by atoms with Gasteiger partial charge in [-0.3, -0.25) is 14.5 Å². The van der Waals surface area contributed by atoms with Crippen LogP contribution in [0.15, 0.2) is 16.4 Å². The molecule has 27 heavy (non-hydrogen) atoms. The molecule has 0 bridgehead atoms. The molecule has 1 fully saturated rings. The van der Waals surface area contributed by atoms with E-state index < -0.39 is 23.3 Å². The van der Waals surface area contributed by atoms with Gasteiger partial charge in [0.25, 0.3) is 5.91 Å². The van der Waals surface area contributed by atoms with E-state index in [9.17, 15) is 19.5 Å². The SMILES string of the molecule is CSSCC(=O)NC1C(=O)N2C(C(=O)O)=C(CSc3nnnn3C)CS[C@H]12. The fourth-order valence-electron chi connectivity index (χ4n) is 2.62. The third kappa shape index (κ3) is 4.22. The Hall–Kier alpha value is -1.38. The fraction of sp³-hybridized carbons (Fsp3) is 0.538. The summed E-state index contributed by atoms with van der Waals surface area (Å²) in [4.78, 5) is 37.5. The van der Waals surface area contributed by atoms with Gasteiger partial charge in [0.2, 0.25) is 11.1 Å². The molecule has 0 saturated carbocycles. The molecule has 1 saturated heterocycles. The first-order valence-corrected chi connectivity index (χ1v) is 12.4. The minimum absolute atomic E-state index is 0.00429. The summed E-state index contributed by atoms with van der Waals surface area (Å²) in [6.45, 7) is 0. The van der Waals surface area contributed by atoms with E-state index in [0.717, 1.165) is 0 Å². The number of rotatable bonds is 8. The Morgan fingerprint density at radius 2 is 2.22 bits per heavy atom. The highest BCUT2D eigenvalue weighted by atomic mass is 33.1. The van der Waals surface area contributed by atoms with E-state index in [1.54, 1.807) is 7.05 Å². The van der Waals surface area contributed by atoms with Crippen LogP contribution in [-0.2, 0) is 21.4 Å². The molecule has 14 heteroatoms. The Bertz CT molecular complexity index is 800. The first-order valence-electron chi connectivity index (χ1n) is 7.64. The number of hydrogen-bond donors (Lipinski definition) is 2. The van der Waals surface area contributed by atoms with Crippen LogP contribution in [0.5, 0.6) is 0 Å². The number of amides is 2. The largest absolute Gasteiger partial charge is 0.477 e. The van der Waals surface area contributed by atoms with Crippen LogP contribution in [0.4, 0.5) is 0 Å². The Labute approximate surface area is 171 Å². The van der Waals surface area contributed by atoms with Gasteiger partial charge in [-0.15, -0.1) is 16.9 Å². The Kier molecular flexibility index (Phi) is 6.60. The third-order valence-electron chi connectivity index (χ3n) is 3.83. The lowest BCUT2D eigenvalue weighted by Gasteiger charge is -2.49. The maximum absolute atomic E-state index is 12.5. The van der Waals surface area contributed by atoms with E-state index in [1.165, 1.54) is 54.7 Å². The Morgan fingerprint density at radius 1 is 1.44 bits per heavy atom. The fourth-order valence-corrected chi connectivity index (χ4v) is 5.93. The average molecular weight is 449 g/mol. The number of carbonyl (C=O) groups excluding carboxylic acids is 2. The molecular weight excluding hydrogens is 432 g/mol. The minimum atomic E-state index is -1.15. The molecular formula is C13H16N6O4S4. The normalized spacial score (nSPS) is 21.7. The molecule has 3 rings (SSSR count). The predicted molar refractivity (Wildman–Crippen MR) is 105 cm³/mol. The number of carbonyl (C=O) groups is 3. The van der Waals surface area contributed by atoms with Crippen molar-refractivity contribution in [3.05, 3.63) is 11.3 Å². The van der Waals surface area contributed by atoms with Gasteiger partial charge in [0.05, 0.1) is 5.75 Å². The van der Waals surface area contributed by atoms with Crippen molar-refractivity contribution in [2.45, 2.75) is 16.6 Å². The predicted octanol–water partition coefficient (Wildman–Crippen LogP) is 0.0520. The molecule has 146 valence electrons. The van der Waals surface area contributed by atoms with Gasteiger partial charge < -0.3 is 10.4 Å². The van der Waals surface area contributed by atoms with Crippen molar-refractivity contribution < 1.29 is 19.5 Å². The highest BCUT2D eigenvalue weighted by Crippen LogP contribution is 2.41. The second-order valence-electron chi connectivity index (χ2n) is 5.51. The lowest BCUT2D eigenvalue weighted by molar-refractivity contribution is -0.150. The first kappa shape index (κ1) is 20.4. The number of aromatic nitrogens is 4. The summed E-state index contributed by atoms with van der Waals surface area (Å²) in [6, 6.07) is -0.684. The van der Waals surface area contributed by atoms with Gasteiger partial charge >= 0.3 is 5.97 Å². The number of aliphatic carboxylic acids is 1. The number of tetrazole rings is 1. The Balaban J connectivity index is 1.70. The maximum atomic E-state index is 12.5. The molecule has 10 nitrogen and oxygen atoms in total. The lowest BCUT2D eigenvalue weighted by atomic mass is 10.0. The van der Waals surface area contributed by atoms with Crippen LogP contribution in [-0.4, -0.2) is 82.9 Å². The summed E-state index contributed by atoms with van der Waals surface area (Å²) < 4.78 is 1.50. The molecule has 2 amide bonds. The topological polar surface area (TPSA) is 130 Å². The van der Waals surface area contributed by atoms with Gasteiger partial charge in [-0.25, -0.2) is 9.48 Å². The Morgan fingerprint density at radius 3 is 2.85 bits per heavy atom. The van der Waals surface area contributed by atoms with Crippen LogP contribution in [0, 0.1) is 0 Å². The van der Waals surface area contributed by atoms with E-state index in [1.807, 2.05) is 6.26 Å². The molecule has 0 spiro atoms. The van der Waals surface area contributed by atoms with E-state index in [4.69, 9.17) is 0 Å². The monoisotopic (exact) mass is 448 g/mol. The number of carboxylic acids is 1. The molecule has 0 aliphatic carbocycles. The summed E-state index contributed by atoms with van der Waals surface area (Å²) in [7, 11) is 4.55. The summed E-state index contributed by atoms with van der Waals surface area (Å²) in [5.41, 5.74) is 0.628. The van der Waals surface area contributed by atoms with Crippen molar-refractivity contribution in [3.8, 4) is 0 Å². The van der Waals surface area contributed by atoms with Crippen molar-refractivity contribution in [1.82, 2.24) is 30.4 Å². The summed E-state index contributed by atoms with van der Waals surface area (Å²) in [5, 5.41) is 23.6. The smallest absolute Gasteiger partial charge is 0.352 e. The summed E-state index contributed by atoms with van der Waals surface area (Å²) in [6.07, 6.45) is 1.87. The van der Waals surface area contributed by atoms with Crippen molar-refractivity contribution in [2.75, 3.05) is 23.5 Å². The van der Waals surface area contributed by atoms with Crippen molar-refractivity contribution in [3.63, 3.8) is 0 Å². The van der Waals surface area contributed by atoms with Crippen LogP contribution in [0.25, 0.3) is 0 Å². The number of nitrogens with one attached hydrogen (secondary N) is 1. The molecule has 2 aliphatic heterocycles. The van der Waals surface area contributed by atoms with Gasteiger partial charge in [-0.05, 0) is 22.3 Å². The quantitative estimate of drug-likeness (QED) is 0.318. The van der Waals surface area contributed by atoms with Gasteiger partial charge in [0, 0.05) is 18.6 Å². The number of β-lactam (4-membered cyclic amide) rings is 1. The second kappa shape index (κ2) is 8.75. The zero-order chi connectivity index (χ0) is 19.6. The van der Waals surface area contributed by atoms with Crippen molar-refractivity contribution >= 4 is 62.9 Å². The molecule has 0 aromatic carbocycles. The molecule has 2 aliphatic rings. The first-order chi connectivity index (χ1) is 12.9. The van der Waals surface area contributed by atoms with Gasteiger partial charge in [-0.2, -0.15) is 0 Å². The highest BCUT2D eigenvalue weighted by Gasteiger charge is 2.54. The zero-order valence-corrected chi connectivity index (χ0v) is 17.6. The van der Waals surface area contributed by atoms with E-state index in [-0.39, 0.29) is 17.4 Å². The number of carboxylic acid groups (broad SMARTS) is 1. The maximum Gasteiger partial charge on any atom is 0.352 e. The number of hydrogen-bond acceptors (Lipinski definition) is 10. The van der Waals surface area contributed by atoms with Crippen LogP contribution < -0.4 is 5.32 Å². The van der Waals surface area contributed by atoms with Gasteiger partial charge in [0.15, 0.2) is 0 Å². The molecule has 2 N–H and O–H groups in total. The van der Waals surface area contributed by atoms with E-state index in [2.05, 4.69) is 20.8 Å². The number of aryl methyl sites for hydroxylation is 1. The molecule has 3 heterocycles. The molecule has 2 atom stereocenters. The van der Waals surface area contributed by atoms with Gasteiger partial charge in [-0.1, -0.05) is 33.3 Å². The molecule has 1 unspecified atom stereocenters. The second-order valence-corrected chi connectivity index (χ2v) is 10.1. The van der Waals surface area contributed by atoms with Crippen LogP contribution >= 0.6 is 45.1 Å². The van der Waals surface area contributed by atoms with Crippen LogP contribution in [0.3, 0.4) is 0 Å². The van der Waals surface area contributed by atoms with Crippen LogP contribution in [0.1, 0.15) is 0 Å². The summed E-state index contributed by atoms with van der Waals surface area (Å²) in [5.74, 6) is -0.707. The zero-order valence-electron chi connectivity index (χ0n) is 14.3. The van der Waals surface area contributed by atoms with E-state index in [0.29, 0.717) is 22.2 Å². The molecule has 1 aromatic heterocycles. The third-order valence-corrected chi connectivity index (χ3v) is 7.94. The van der Waals surface area contributed by atoms with Crippen molar-refractivity contribution in [2.24, 2.45) is 7.05 Å². The highest BCUT2D eigenvalue weighted by molar-refractivity contribution is 8.76. The average Bonchev–Trinajstić information content (AvgIpc) is 3.06. The van der Waals surface area contributed by atoms with Gasteiger partial charge in [0.1, 0.15) is 17.1 Å². The van der Waals surface area contributed by atoms with Crippen LogP contribution in [0.2, 0.25) is 0 Å². The minimum Gasteiger partial charge on any atom is -0.477 e. The lowest BCUT2D eigenvalue weighted by Crippen LogP contribution is -2.70. The van der Waals surface area contributed by atoms with E-state index >= 15 is 0 Å². The summed E-state index contributed by atoms with van der Waals surface area (Å²) >= 11 is 2.76. The number of thioether (sulfide) groups is 2. The standard InChI is InChI=1S/C13H16N6O4S4/c1-18-13(15-16-17-18)26-4-6-3-25-11-8(14-7(20)5-27-24-2)10(21)19(11)9(6)12(22)23/h8,11H,3-5H2,1-2H3,(H,14,20)(H,22,23)/t8?,11-/m1/s1. The number of fused-ring (bicyclic) bond motifs is 1. The van der Waals surface area contributed by atoms with Crippen molar-refractivity contribution in [1.29, 1.82) is 0 Å².